The summed E-state index contributed by atoms with van der Waals surface area (Å²) in [7, 11) is 0. The van der Waals surface area contributed by atoms with Crippen molar-refractivity contribution in [2.45, 2.75) is 13.8 Å². The topological polar surface area (TPSA) is 74.2 Å². The van der Waals surface area contributed by atoms with Crippen LogP contribution < -0.4 is 9.47 Å². The number of hydrogen-bond donors (Lipinski definition) is 0. The van der Waals surface area contributed by atoms with E-state index in [2.05, 4.69) is 4.99 Å². The molecule has 6 nitrogen and oxygen atoms in total. The van der Waals surface area contributed by atoms with E-state index in [0.717, 1.165) is 12.1 Å². The second kappa shape index (κ2) is 8.40. The maximum absolute atomic E-state index is 13.5. The van der Waals surface area contributed by atoms with Crippen molar-refractivity contribution in [2.75, 3.05) is 6.61 Å². The molecule has 0 bridgehead atoms. The van der Waals surface area contributed by atoms with Crippen LogP contribution in [0.25, 0.3) is 6.08 Å². The number of hydrogen-bond acceptors (Lipinski definition) is 6. The van der Waals surface area contributed by atoms with Gasteiger partial charge < -0.3 is 14.2 Å². The molecule has 0 aromatic heterocycles. The van der Waals surface area contributed by atoms with Gasteiger partial charge in [-0.25, -0.2) is 18.6 Å². The first-order valence-corrected chi connectivity index (χ1v) is 8.79. The molecule has 1 heterocycles. The highest BCUT2D eigenvalue weighted by Gasteiger charge is 2.27. The smallest absolute Gasteiger partial charge is 0.363 e. The number of cyclic esters (lactones) is 1. The minimum absolute atomic E-state index is 0.0532. The summed E-state index contributed by atoms with van der Waals surface area (Å²) in [5.41, 5.74) is 0.378. The number of nitrogens with zero attached hydrogens (tertiary/aromatic N) is 1. The van der Waals surface area contributed by atoms with E-state index in [4.69, 9.17) is 25.8 Å². The summed E-state index contributed by atoms with van der Waals surface area (Å²) in [6.45, 7) is 3.35. The Labute approximate surface area is 169 Å². The zero-order chi connectivity index (χ0) is 21.1. The van der Waals surface area contributed by atoms with Crippen LogP contribution in [0.1, 0.15) is 25.0 Å². The molecule has 1 aliphatic rings. The Morgan fingerprint density at radius 3 is 2.62 bits per heavy atom. The third kappa shape index (κ3) is 4.60. The van der Waals surface area contributed by atoms with E-state index < -0.39 is 23.6 Å². The van der Waals surface area contributed by atoms with Crippen molar-refractivity contribution < 1.29 is 32.6 Å². The maximum Gasteiger partial charge on any atom is 0.363 e. The van der Waals surface area contributed by atoms with Crippen LogP contribution in [0.3, 0.4) is 0 Å². The second-order valence-corrected chi connectivity index (χ2v) is 6.22. The SMILES string of the molecule is CCOc1cc(/C=C2/N=C(c3cc(F)c(F)cc3Cl)OC2=O)ccc1OC(C)=O. The van der Waals surface area contributed by atoms with Crippen LogP contribution in [-0.4, -0.2) is 24.4 Å². The van der Waals surface area contributed by atoms with Crippen LogP contribution in [0.4, 0.5) is 8.78 Å². The average Bonchev–Trinajstić information content (AvgIpc) is 3.00. The van der Waals surface area contributed by atoms with Gasteiger partial charge in [-0.3, -0.25) is 4.79 Å². The molecule has 0 unspecified atom stereocenters. The minimum Gasteiger partial charge on any atom is -0.490 e. The number of aliphatic imine (C=N–C) groups is 1. The summed E-state index contributed by atoms with van der Waals surface area (Å²) < 4.78 is 42.3. The van der Waals surface area contributed by atoms with E-state index in [9.17, 15) is 18.4 Å². The van der Waals surface area contributed by atoms with Crippen molar-refractivity contribution in [2.24, 2.45) is 4.99 Å². The van der Waals surface area contributed by atoms with Crippen LogP contribution in [-0.2, 0) is 14.3 Å². The third-order valence-corrected chi connectivity index (χ3v) is 4.00. The van der Waals surface area contributed by atoms with Crippen molar-refractivity contribution in [3.8, 4) is 11.5 Å². The predicted octanol–water partition coefficient (Wildman–Crippen LogP) is 4.29. The fourth-order valence-corrected chi connectivity index (χ4v) is 2.72. The molecule has 0 aliphatic carbocycles. The molecule has 0 N–H and O–H groups in total. The van der Waals surface area contributed by atoms with Gasteiger partial charge in [0.15, 0.2) is 28.8 Å². The summed E-state index contributed by atoms with van der Waals surface area (Å²) >= 11 is 5.90. The zero-order valence-corrected chi connectivity index (χ0v) is 16.0. The molecule has 2 aromatic rings. The molecule has 1 aliphatic heterocycles. The molecule has 150 valence electrons. The molecule has 0 amide bonds. The largest absolute Gasteiger partial charge is 0.490 e. The van der Waals surface area contributed by atoms with Gasteiger partial charge in [0.05, 0.1) is 17.2 Å². The van der Waals surface area contributed by atoms with Crippen LogP contribution in [0.2, 0.25) is 5.02 Å². The fraction of sp³-hybridized carbons (Fsp3) is 0.150. The van der Waals surface area contributed by atoms with E-state index in [1.54, 1.807) is 19.1 Å². The zero-order valence-electron chi connectivity index (χ0n) is 15.3. The summed E-state index contributed by atoms with van der Waals surface area (Å²) in [6, 6.07) is 6.22. The molecular formula is C20H14ClF2NO5. The Kier molecular flexibility index (Phi) is 5.93. The van der Waals surface area contributed by atoms with Crippen LogP contribution in [0, 0.1) is 11.6 Å². The molecule has 9 heteroatoms. The number of carbonyl (C=O) groups is 2. The van der Waals surface area contributed by atoms with Crippen LogP contribution in [0.5, 0.6) is 11.5 Å². The molecule has 0 radical (unpaired) electrons. The van der Waals surface area contributed by atoms with Gasteiger partial charge in [-0.15, -0.1) is 0 Å². The normalized spacial score (nSPS) is 14.6. The van der Waals surface area contributed by atoms with Crippen molar-refractivity contribution in [1.82, 2.24) is 0 Å². The van der Waals surface area contributed by atoms with Gasteiger partial charge in [-0.1, -0.05) is 17.7 Å². The van der Waals surface area contributed by atoms with E-state index in [0.29, 0.717) is 17.9 Å². The van der Waals surface area contributed by atoms with Gasteiger partial charge in [0, 0.05) is 6.92 Å². The lowest BCUT2D eigenvalue weighted by Crippen LogP contribution is -2.07. The molecule has 0 saturated carbocycles. The Hall–Kier alpha value is -3.26. The number of carbonyl (C=O) groups excluding carboxylic acids is 2. The monoisotopic (exact) mass is 421 g/mol. The standard InChI is InChI=1S/C20H14ClF2NO5/c1-3-27-18-7-11(4-5-17(18)28-10(2)25)6-16-20(26)29-19(24-16)12-8-14(22)15(23)9-13(12)21/h4-9H,3H2,1-2H3/b16-6+. The third-order valence-electron chi connectivity index (χ3n) is 3.69. The summed E-state index contributed by atoms with van der Waals surface area (Å²) in [6.07, 6.45) is 1.41. The van der Waals surface area contributed by atoms with Gasteiger partial charge >= 0.3 is 11.9 Å². The number of esters is 2. The highest BCUT2D eigenvalue weighted by molar-refractivity contribution is 6.34. The predicted molar refractivity (Wildman–Crippen MR) is 101 cm³/mol. The van der Waals surface area contributed by atoms with E-state index >= 15 is 0 Å². The van der Waals surface area contributed by atoms with E-state index in [1.807, 2.05) is 0 Å². The van der Waals surface area contributed by atoms with Crippen molar-refractivity contribution in [3.63, 3.8) is 0 Å². The van der Waals surface area contributed by atoms with Crippen molar-refractivity contribution >= 4 is 35.5 Å². The van der Waals surface area contributed by atoms with Gasteiger partial charge in [0.2, 0.25) is 5.90 Å². The molecule has 0 spiro atoms. The first kappa shape index (κ1) is 20.5. The number of rotatable bonds is 5. The average molecular weight is 422 g/mol. The summed E-state index contributed by atoms with van der Waals surface area (Å²) in [5, 5.41) is -0.152. The summed E-state index contributed by atoms with van der Waals surface area (Å²) in [4.78, 5) is 27.3. The Bertz CT molecular complexity index is 1070. The molecule has 2 aromatic carbocycles. The lowest BCUT2D eigenvalue weighted by molar-refractivity contribution is -0.132. The van der Waals surface area contributed by atoms with Gasteiger partial charge in [0.1, 0.15) is 0 Å². The minimum atomic E-state index is -1.15. The lowest BCUT2D eigenvalue weighted by Gasteiger charge is -2.10. The van der Waals surface area contributed by atoms with Crippen molar-refractivity contribution in [1.29, 1.82) is 0 Å². The molecular weight excluding hydrogens is 408 g/mol. The summed E-state index contributed by atoms with van der Waals surface area (Å²) in [5.74, 6) is -3.29. The Morgan fingerprint density at radius 1 is 1.21 bits per heavy atom. The number of benzene rings is 2. The molecule has 0 saturated heterocycles. The van der Waals surface area contributed by atoms with Crippen LogP contribution in [0.15, 0.2) is 41.0 Å². The first-order chi connectivity index (χ1) is 13.8. The lowest BCUT2D eigenvalue weighted by atomic mass is 10.1. The molecule has 0 fully saturated rings. The number of halogens is 3. The molecule has 0 atom stereocenters. The maximum atomic E-state index is 13.5. The van der Waals surface area contributed by atoms with Crippen molar-refractivity contribution in [3.05, 3.63) is 63.8 Å². The van der Waals surface area contributed by atoms with Gasteiger partial charge in [-0.05, 0) is 42.8 Å². The van der Waals surface area contributed by atoms with Gasteiger partial charge in [-0.2, -0.15) is 0 Å². The van der Waals surface area contributed by atoms with Gasteiger partial charge in [0.25, 0.3) is 0 Å². The highest BCUT2D eigenvalue weighted by Crippen LogP contribution is 2.31. The Morgan fingerprint density at radius 2 is 1.93 bits per heavy atom. The fourth-order valence-electron chi connectivity index (χ4n) is 2.49. The number of ether oxygens (including phenoxy) is 3. The van der Waals surface area contributed by atoms with E-state index in [1.165, 1.54) is 19.1 Å². The molecule has 3 rings (SSSR count). The van der Waals surface area contributed by atoms with Crippen LogP contribution >= 0.6 is 11.6 Å². The van der Waals surface area contributed by atoms with E-state index in [-0.39, 0.29) is 27.9 Å². The highest BCUT2D eigenvalue weighted by atomic mass is 35.5. The molecule has 29 heavy (non-hydrogen) atoms. The first-order valence-electron chi connectivity index (χ1n) is 8.41. The Balaban J connectivity index is 1.96. The quantitative estimate of drug-likeness (QED) is 0.312. The second-order valence-electron chi connectivity index (χ2n) is 5.82.